The van der Waals surface area contributed by atoms with Gasteiger partial charge in [0.05, 0.1) is 18.8 Å². The Hall–Kier alpha value is -0.0800. The van der Waals surface area contributed by atoms with Crippen molar-refractivity contribution in [2.75, 3.05) is 6.61 Å². The van der Waals surface area contributed by atoms with Gasteiger partial charge in [0, 0.05) is 5.92 Å². The predicted molar refractivity (Wildman–Crippen MR) is 39.8 cm³/mol. The Bertz CT molecular complexity index is 101. The largest absolute Gasteiger partial charge is 0.390 e. The Morgan fingerprint density at radius 2 is 2.30 bits per heavy atom. The third kappa shape index (κ3) is 1.50. The van der Waals surface area contributed by atoms with Crippen LogP contribution in [0.2, 0.25) is 0 Å². The molecule has 1 saturated heterocycles. The zero-order valence-electron chi connectivity index (χ0n) is 6.71. The first-order valence-electron chi connectivity index (χ1n) is 4.05. The first-order chi connectivity index (χ1) is 4.75. The molecule has 1 rings (SSSR count). The second kappa shape index (κ2) is 3.35. The van der Waals surface area contributed by atoms with Crippen LogP contribution in [0.15, 0.2) is 0 Å². The van der Waals surface area contributed by atoms with Gasteiger partial charge < -0.3 is 9.84 Å². The van der Waals surface area contributed by atoms with Crippen LogP contribution in [0.1, 0.15) is 26.7 Å². The Balaban J connectivity index is 2.33. The molecule has 0 aromatic heterocycles. The number of hydrogen-bond acceptors (Lipinski definition) is 2. The fourth-order valence-electron chi connectivity index (χ4n) is 1.40. The molecular weight excluding hydrogens is 128 g/mol. The quantitative estimate of drug-likeness (QED) is 0.630. The first-order valence-corrected chi connectivity index (χ1v) is 4.05. The summed E-state index contributed by atoms with van der Waals surface area (Å²) in [6, 6.07) is 0. The van der Waals surface area contributed by atoms with Crippen molar-refractivity contribution in [2.24, 2.45) is 5.92 Å². The van der Waals surface area contributed by atoms with E-state index in [0.29, 0.717) is 18.6 Å². The smallest absolute Gasteiger partial charge is 0.0823 e. The van der Waals surface area contributed by atoms with E-state index in [1.165, 1.54) is 0 Å². The van der Waals surface area contributed by atoms with Crippen molar-refractivity contribution in [3.05, 3.63) is 0 Å². The second-order valence-electron chi connectivity index (χ2n) is 3.09. The van der Waals surface area contributed by atoms with Crippen LogP contribution >= 0.6 is 0 Å². The minimum Gasteiger partial charge on any atom is -0.390 e. The summed E-state index contributed by atoms with van der Waals surface area (Å²) >= 11 is 0. The van der Waals surface area contributed by atoms with Gasteiger partial charge in [-0.15, -0.1) is 0 Å². The molecule has 3 atom stereocenters. The highest BCUT2D eigenvalue weighted by Gasteiger charge is 2.31. The molecule has 2 heteroatoms. The molecular formula is C8H16O2. The van der Waals surface area contributed by atoms with Crippen molar-refractivity contribution in [3.8, 4) is 0 Å². The number of hydrogen-bond donors (Lipinski definition) is 1. The molecule has 0 aromatic rings. The van der Waals surface area contributed by atoms with Gasteiger partial charge in [-0.3, -0.25) is 0 Å². The lowest BCUT2D eigenvalue weighted by Crippen LogP contribution is -2.20. The van der Waals surface area contributed by atoms with Gasteiger partial charge in [0.15, 0.2) is 0 Å². The SMILES string of the molecule is CCC[C@H]1OC[C@H](O)C1C. The predicted octanol–water partition coefficient (Wildman–Crippen LogP) is 1.18. The minimum atomic E-state index is -0.225. The molecule has 1 heterocycles. The number of ether oxygens (including phenoxy) is 1. The molecule has 10 heavy (non-hydrogen) atoms. The van der Waals surface area contributed by atoms with E-state index >= 15 is 0 Å². The molecule has 1 unspecified atom stereocenters. The van der Waals surface area contributed by atoms with Gasteiger partial charge in [0.2, 0.25) is 0 Å². The lowest BCUT2D eigenvalue weighted by atomic mass is 9.98. The van der Waals surface area contributed by atoms with Crippen molar-refractivity contribution in [2.45, 2.75) is 38.9 Å². The molecule has 0 saturated carbocycles. The highest BCUT2D eigenvalue weighted by molar-refractivity contribution is 4.79. The molecule has 1 fully saturated rings. The summed E-state index contributed by atoms with van der Waals surface area (Å²) in [6.07, 6.45) is 2.30. The van der Waals surface area contributed by atoms with E-state index in [-0.39, 0.29) is 6.10 Å². The summed E-state index contributed by atoms with van der Waals surface area (Å²) in [5.41, 5.74) is 0. The van der Waals surface area contributed by atoms with E-state index in [0.717, 1.165) is 12.8 Å². The van der Waals surface area contributed by atoms with Gasteiger partial charge in [-0.1, -0.05) is 20.3 Å². The maximum Gasteiger partial charge on any atom is 0.0823 e. The minimum absolute atomic E-state index is 0.225. The summed E-state index contributed by atoms with van der Waals surface area (Å²) in [5.74, 6) is 0.333. The zero-order valence-corrected chi connectivity index (χ0v) is 6.71. The van der Waals surface area contributed by atoms with E-state index in [1.54, 1.807) is 0 Å². The van der Waals surface area contributed by atoms with Crippen LogP contribution in [0.25, 0.3) is 0 Å². The Labute approximate surface area is 62.2 Å². The standard InChI is InChI=1S/C8H16O2/c1-3-4-8-6(2)7(9)5-10-8/h6-9H,3-5H2,1-2H3/t6?,7-,8+/m0/s1. The Morgan fingerprint density at radius 1 is 1.60 bits per heavy atom. The summed E-state index contributed by atoms with van der Waals surface area (Å²) < 4.78 is 5.37. The first kappa shape index (κ1) is 8.02. The number of rotatable bonds is 2. The van der Waals surface area contributed by atoms with Crippen LogP contribution in [0.4, 0.5) is 0 Å². The molecule has 1 aliphatic heterocycles. The maximum absolute atomic E-state index is 9.27. The molecule has 1 N–H and O–H groups in total. The van der Waals surface area contributed by atoms with Crippen LogP contribution in [-0.2, 0) is 4.74 Å². The van der Waals surface area contributed by atoms with E-state index in [1.807, 2.05) is 0 Å². The molecule has 0 aliphatic carbocycles. The van der Waals surface area contributed by atoms with Crippen LogP contribution in [0.3, 0.4) is 0 Å². The normalized spacial score (nSPS) is 40.5. The van der Waals surface area contributed by atoms with Crippen LogP contribution in [0.5, 0.6) is 0 Å². The third-order valence-electron chi connectivity index (χ3n) is 2.25. The second-order valence-corrected chi connectivity index (χ2v) is 3.09. The maximum atomic E-state index is 9.27. The molecule has 0 amide bonds. The number of aliphatic hydroxyl groups is 1. The molecule has 1 aliphatic rings. The topological polar surface area (TPSA) is 29.5 Å². The monoisotopic (exact) mass is 144 g/mol. The van der Waals surface area contributed by atoms with Crippen LogP contribution in [-0.4, -0.2) is 23.9 Å². The average molecular weight is 144 g/mol. The van der Waals surface area contributed by atoms with Crippen molar-refractivity contribution >= 4 is 0 Å². The highest BCUT2D eigenvalue weighted by Crippen LogP contribution is 2.23. The van der Waals surface area contributed by atoms with E-state index in [9.17, 15) is 5.11 Å². The Kier molecular flexibility index (Phi) is 2.69. The van der Waals surface area contributed by atoms with Gasteiger partial charge in [0.25, 0.3) is 0 Å². The zero-order chi connectivity index (χ0) is 7.56. The van der Waals surface area contributed by atoms with Gasteiger partial charge in [-0.05, 0) is 6.42 Å². The van der Waals surface area contributed by atoms with Crippen LogP contribution < -0.4 is 0 Å². The van der Waals surface area contributed by atoms with Gasteiger partial charge >= 0.3 is 0 Å². The Morgan fingerprint density at radius 3 is 2.70 bits per heavy atom. The van der Waals surface area contributed by atoms with Crippen molar-refractivity contribution in [3.63, 3.8) is 0 Å². The van der Waals surface area contributed by atoms with Gasteiger partial charge in [0.1, 0.15) is 0 Å². The lowest BCUT2D eigenvalue weighted by molar-refractivity contribution is 0.0807. The van der Waals surface area contributed by atoms with Crippen molar-refractivity contribution < 1.29 is 9.84 Å². The fraction of sp³-hybridized carbons (Fsp3) is 1.00. The molecule has 2 nitrogen and oxygen atoms in total. The van der Waals surface area contributed by atoms with E-state index in [4.69, 9.17) is 4.74 Å². The summed E-state index contributed by atoms with van der Waals surface area (Å²) in [5, 5.41) is 9.27. The molecule has 60 valence electrons. The highest BCUT2D eigenvalue weighted by atomic mass is 16.5. The van der Waals surface area contributed by atoms with Crippen molar-refractivity contribution in [1.82, 2.24) is 0 Å². The van der Waals surface area contributed by atoms with Crippen LogP contribution in [0, 0.1) is 5.92 Å². The van der Waals surface area contributed by atoms with Crippen molar-refractivity contribution in [1.29, 1.82) is 0 Å². The van der Waals surface area contributed by atoms with Gasteiger partial charge in [-0.2, -0.15) is 0 Å². The molecule has 0 radical (unpaired) electrons. The third-order valence-corrected chi connectivity index (χ3v) is 2.25. The number of aliphatic hydroxyl groups excluding tert-OH is 1. The average Bonchev–Trinajstić information content (AvgIpc) is 2.20. The van der Waals surface area contributed by atoms with Gasteiger partial charge in [-0.25, -0.2) is 0 Å². The lowest BCUT2D eigenvalue weighted by Gasteiger charge is -2.13. The summed E-state index contributed by atoms with van der Waals surface area (Å²) in [7, 11) is 0. The summed E-state index contributed by atoms with van der Waals surface area (Å²) in [6.45, 7) is 4.73. The molecule has 0 aromatic carbocycles. The molecule has 0 spiro atoms. The molecule has 0 bridgehead atoms. The van der Waals surface area contributed by atoms with E-state index in [2.05, 4.69) is 13.8 Å². The summed E-state index contributed by atoms with van der Waals surface area (Å²) in [4.78, 5) is 0. The fourth-order valence-corrected chi connectivity index (χ4v) is 1.40. The van der Waals surface area contributed by atoms with E-state index < -0.39 is 0 Å².